The molecule has 0 radical (unpaired) electrons. The highest BCUT2D eigenvalue weighted by Crippen LogP contribution is 2.19. The van der Waals surface area contributed by atoms with E-state index in [1.807, 2.05) is 20.0 Å². The standard InChI is InChI=1S/C14H23ClN6.2CH2O2/c1-10-14(15)13(19-18-10)9-21(6-5-20(3)4)8-12-7-16-11(2)17-12;2*2-1-3/h7H,5-6,8-9H2,1-4H3,(H,16,17)(H,18,19);2*1H,(H,2,3). The molecule has 4 N–H and O–H groups in total. The molecule has 0 unspecified atom stereocenters. The quantitative estimate of drug-likeness (QED) is 0.509. The number of carboxylic acid groups (broad SMARTS) is 2. The van der Waals surface area contributed by atoms with Crippen LogP contribution in [0.25, 0.3) is 0 Å². The molecule has 152 valence electrons. The minimum absolute atomic E-state index is 0.250. The molecule has 11 heteroatoms. The topological polar surface area (TPSA) is 138 Å². The van der Waals surface area contributed by atoms with E-state index < -0.39 is 0 Å². The van der Waals surface area contributed by atoms with Crippen molar-refractivity contribution in [3.05, 3.63) is 34.1 Å². The van der Waals surface area contributed by atoms with Crippen LogP contribution in [0.2, 0.25) is 5.02 Å². The van der Waals surface area contributed by atoms with Crippen LogP contribution in [0.5, 0.6) is 0 Å². The van der Waals surface area contributed by atoms with E-state index in [0.29, 0.717) is 0 Å². The first kappa shape index (κ1) is 24.6. The van der Waals surface area contributed by atoms with Crippen LogP contribution in [0.15, 0.2) is 6.20 Å². The maximum absolute atomic E-state index is 8.36. The monoisotopic (exact) mass is 402 g/mol. The normalized spacial score (nSPS) is 10.0. The van der Waals surface area contributed by atoms with Gasteiger partial charge in [0.15, 0.2) is 0 Å². The van der Waals surface area contributed by atoms with Crippen molar-refractivity contribution in [2.45, 2.75) is 26.9 Å². The number of hydrogen-bond acceptors (Lipinski definition) is 6. The third-order valence-corrected chi connectivity index (χ3v) is 3.83. The number of H-pyrrole nitrogens is 2. The number of rotatable bonds is 7. The second kappa shape index (κ2) is 13.7. The van der Waals surface area contributed by atoms with Gasteiger partial charge >= 0.3 is 0 Å². The molecule has 0 bridgehead atoms. The van der Waals surface area contributed by atoms with Gasteiger partial charge in [-0.2, -0.15) is 5.10 Å². The van der Waals surface area contributed by atoms with Gasteiger partial charge in [0, 0.05) is 38.1 Å². The number of aromatic nitrogens is 4. The van der Waals surface area contributed by atoms with Crippen molar-refractivity contribution in [1.82, 2.24) is 30.0 Å². The van der Waals surface area contributed by atoms with E-state index in [-0.39, 0.29) is 12.9 Å². The molecule has 0 spiro atoms. The van der Waals surface area contributed by atoms with Crippen LogP contribution < -0.4 is 0 Å². The maximum Gasteiger partial charge on any atom is 0.290 e. The summed E-state index contributed by atoms with van der Waals surface area (Å²) in [5.41, 5.74) is 2.91. The summed E-state index contributed by atoms with van der Waals surface area (Å²) < 4.78 is 0. The zero-order chi connectivity index (χ0) is 20.8. The SMILES string of the molecule is Cc1ncc(CN(CCN(C)C)Cc2n[nH]c(C)c2Cl)[nH]1.O=CO.O=CO. The van der Waals surface area contributed by atoms with Crippen molar-refractivity contribution >= 4 is 24.5 Å². The molecule has 2 aromatic rings. The minimum Gasteiger partial charge on any atom is -0.483 e. The number of likely N-dealkylation sites (N-methyl/N-ethyl adjacent to an activating group) is 1. The van der Waals surface area contributed by atoms with Gasteiger partial charge in [0.25, 0.3) is 12.9 Å². The molecular formula is C16H27ClN6O4. The van der Waals surface area contributed by atoms with Crippen LogP contribution in [0.4, 0.5) is 0 Å². The second-order valence-electron chi connectivity index (χ2n) is 5.83. The van der Waals surface area contributed by atoms with Crippen LogP contribution in [0, 0.1) is 13.8 Å². The lowest BCUT2D eigenvalue weighted by molar-refractivity contribution is -0.123. The molecule has 0 saturated heterocycles. The fraction of sp³-hybridized carbons (Fsp3) is 0.500. The zero-order valence-electron chi connectivity index (χ0n) is 15.9. The highest BCUT2D eigenvalue weighted by atomic mass is 35.5. The van der Waals surface area contributed by atoms with Gasteiger partial charge in [-0.1, -0.05) is 11.6 Å². The lowest BCUT2D eigenvalue weighted by Gasteiger charge is -2.22. The van der Waals surface area contributed by atoms with E-state index in [0.717, 1.165) is 54.1 Å². The molecule has 0 amide bonds. The molecule has 2 heterocycles. The van der Waals surface area contributed by atoms with Crippen LogP contribution >= 0.6 is 11.6 Å². The highest BCUT2D eigenvalue weighted by Gasteiger charge is 2.14. The number of aryl methyl sites for hydroxylation is 2. The molecule has 0 fully saturated rings. The molecule has 0 aliphatic carbocycles. The molecule has 0 aliphatic rings. The van der Waals surface area contributed by atoms with Gasteiger partial charge in [0.05, 0.1) is 16.4 Å². The number of hydrogen-bond donors (Lipinski definition) is 4. The maximum atomic E-state index is 8.36. The molecule has 0 atom stereocenters. The lowest BCUT2D eigenvalue weighted by Crippen LogP contribution is -2.31. The van der Waals surface area contributed by atoms with E-state index in [2.05, 4.69) is 44.1 Å². The summed E-state index contributed by atoms with van der Waals surface area (Å²) in [5.74, 6) is 0.936. The van der Waals surface area contributed by atoms with Gasteiger partial charge in [-0.25, -0.2) is 4.98 Å². The fourth-order valence-corrected chi connectivity index (χ4v) is 2.28. The summed E-state index contributed by atoms with van der Waals surface area (Å²) >= 11 is 6.27. The van der Waals surface area contributed by atoms with Gasteiger partial charge < -0.3 is 20.1 Å². The van der Waals surface area contributed by atoms with Crippen molar-refractivity contribution in [3.8, 4) is 0 Å². The smallest absolute Gasteiger partial charge is 0.290 e. The van der Waals surface area contributed by atoms with Crippen molar-refractivity contribution < 1.29 is 19.8 Å². The molecule has 2 aromatic heterocycles. The Morgan fingerprint density at radius 2 is 1.74 bits per heavy atom. The van der Waals surface area contributed by atoms with Gasteiger partial charge in [-0.05, 0) is 27.9 Å². The van der Waals surface area contributed by atoms with Crippen LogP contribution in [0.3, 0.4) is 0 Å². The fourth-order valence-electron chi connectivity index (χ4n) is 2.13. The number of aromatic amines is 2. The minimum atomic E-state index is -0.250. The summed E-state index contributed by atoms with van der Waals surface area (Å²) in [6.45, 7) is 6.83. The Kier molecular flexibility index (Phi) is 12.5. The molecule has 10 nitrogen and oxygen atoms in total. The first-order chi connectivity index (χ1) is 12.8. The first-order valence-electron chi connectivity index (χ1n) is 8.01. The molecule has 0 saturated carbocycles. The third kappa shape index (κ3) is 10.3. The summed E-state index contributed by atoms with van der Waals surface area (Å²) in [5, 5.41) is 21.7. The summed E-state index contributed by atoms with van der Waals surface area (Å²) in [4.78, 5) is 28.7. The summed E-state index contributed by atoms with van der Waals surface area (Å²) in [6, 6.07) is 0. The van der Waals surface area contributed by atoms with Crippen molar-refractivity contribution in [1.29, 1.82) is 0 Å². The number of imidazole rings is 1. The van der Waals surface area contributed by atoms with Gasteiger partial charge in [0.2, 0.25) is 0 Å². The van der Waals surface area contributed by atoms with E-state index in [1.165, 1.54) is 0 Å². The molecule has 0 aromatic carbocycles. The lowest BCUT2D eigenvalue weighted by atomic mass is 10.3. The van der Waals surface area contributed by atoms with Crippen molar-refractivity contribution in [3.63, 3.8) is 0 Å². The Morgan fingerprint density at radius 1 is 1.15 bits per heavy atom. The Morgan fingerprint density at radius 3 is 2.15 bits per heavy atom. The van der Waals surface area contributed by atoms with Crippen LogP contribution in [-0.4, -0.2) is 80.3 Å². The number of halogens is 1. The Labute approximate surface area is 163 Å². The van der Waals surface area contributed by atoms with E-state index >= 15 is 0 Å². The first-order valence-corrected chi connectivity index (χ1v) is 8.39. The van der Waals surface area contributed by atoms with Gasteiger partial charge in [-0.15, -0.1) is 0 Å². The molecule has 2 rings (SSSR count). The molecular weight excluding hydrogens is 376 g/mol. The average Bonchev–Trinajstić information content (AvgIpc) is 3.14. The van der Waals surface area contributed by atoms with E-state index in [4.69, 9.17) is 31.4 Å². The van der Waals surface area contributed by atoms with Gasteiger partial charge in [0.1, 0.15) is 5.82 Å². The number of nitrogens with one attached hydrogen (secondary N) is 2. The summed E-state index contributed by atoms with van der Waals surface area (Å²) in [6.07, 6.45) is 1.88. The Bertz CT molecular complexity index is 668. The zero-order valence-corrected chi connectivity index (χ0v) is 16.7. The predicted molar refractivity (Wildman–Crippen MR) is 102 cm³/mol. The highest BCUT2D eigenvalue weighted by molar-refractivity contribution is 6.31. The molecule has 0 aliphatic heterocycles. The Balaban J connectivity index is 0.000000997. The second-order valence-corrected chi connectivity index (χ2v) is 6.21. The van der Waals surface area contributed by atoms with E-state index in [1.54, 1.807) is 0 Å². The largest absolute Gasteiger partial charge is 0.483 e. The number of nitrogens with zero attached hydrogens (tertiary/aromatic N) is 4. The van der Waals surface area contributed by atoms with Crippen LogP contribution in [0.1, 0.15) is 22.9 Å². The van der Waals surface area contributed by atoms with E-state index in [9.17, 15) is 0 Å². The Hall–Kier alpha value is -2.43. The summed E-state index contributed by atoms with van der Waals surface area (Å²) in [7, 11) is 4.15. The predicted octanol–water partition coefficient (Wildman–Crippen LogP) is 1.37. The number of carbonyl (C=O) groups is 2. The van der Waals surface area contributed by atoms with Crippen LogP contribution in [-0.2, 0) is 22.7 Å². The molecule has 27 heavy (non-hydrogen) atoms. The van der Waals surface area contributed by atoms with Crippen molar-refractivity contribution in [2.24, 2.45) is 0 Å². The average molecular weight is 403 g/mol. The third-order valence-electron chi connectivity index (χ3n) is 3.33. The van der Waals surface area contributed by atoms with Crippen molar-refractivity contribution in [2.75, 3.05) is 27.2 Å². The van der Waals surface area contributed by atoms with Gasteiger partial charge in [-0.3, -0.25) is 19.6 Å².